The summed E-state index contributed by atoms with van der Waals surface area (Å²) in [5.41, 5.74) is -0.310. The Balaban J connectivity index is 0.00000480. The van der Waals surface area contributed by atoms with Crippen LogP contribution in [0.1, 0.15) is 50.3 Å². The van der Waals surface area contributed by atoms with E-state index in [1.807, 2.05) is 6.07 Å². The molecule has 3 aromatic rings. The van der Waals surface area contributed by atoms with E-state index >= 15 is 0 Å². The Morgan fingerprint density at radius 1 is 1.17 bits per heavy atom. The van der Waals surface area contributed by atoms with Crippen LogP contribution in [0.4, 0.5) is 24.7 Å². The van der Waals surface area contributed by atoms with Crippen molar-refractivity contribution in [3.05, 3.63) is 82.8 Å². The Bertz CT molecular complexity index is 1850. The molecule has 0 radical (unpaired) electrons. The molecule has 242 valence electrons. The van der Waals surface area contributed by atoms with Crippen molar-refractivity contribution in [2.45, 2.75) is 62.1 Å². The molecule has 2 aromatic carbocycles. The van der Waals surface area contributed by atoms with Crippen molar-refractivity contribution in [2.75, 3.05) is 9.80 Å². The number of nitriles is 1. The van der Waals surface area contributed by atoms with E-state index in [-0.39, 0.29) is 42.2 Å². The molecule has 2 aliphatic rings. The molecule has 1 saturated carbocycles. The van der Waals surface area contributed by atoms with Crippen LogP contribution >= 0.6 is 11.6 Å². The van der Waals surface area contributed by atoms with Crippen molar-refractivity contribution in [3.8, 4) is 6.07 Å². The zero-order chi connectivity index (χ0) is 32.7. The minimum absolute atomic E-state index is 0. The summed E-state index contributed by atoms with van der Waals surface area (Å²) in [5, 5.41) is 17.1. The van der Waals surface area contributed by atoms with Gasteiger partial charge in [-0.05, 0) is 42.8 Å². The first-order chi connectivity index (χ1) is 21.2. The van der Waals surface area contributed by atoms with Gasteiger partial charge in [-0.1, -0.05) is 37.2 Å². The summed E-state index contributed by atoms with van der Waals surface area (Å²) in [5.74, 6) is -6.68. The highest BCUT2D eigenvalue weighted by Gasteiger charge is 2.48. The summed E-state index contributed by atoms with van der Waals surface area (Å²) in [4.78, 5) is 46.8. The summed E-state index contributed by atoms with van der Waals surface area (Å²) in [7, 11) is -4.53. The van der Waals surface area contributed by atoms with Gasteiger partial charge in [-0.15, -0.1) is 0 Å². The van der Waals surface area contributed by atoms with Gasteiger partial charge in [-0.25, -0.2) is 31.7 Å². The number of hydrogen-bond acceptors (Lipinski definition) is 7. The molecule has 2 heterocycles. The number of nitrogens with two attached hydrogens (primary N) is 1. The Morgan fingerprint density at radius 3 is 2.50 bits per heavy atom. The number of hydrogen-bond donors (Lipinski definition) is 2. The smallest absolute Gasteiger partial charge is 0.252 e. The van der Waals surface area contributed by atoms with Crippen LogP contribution in [-0.2, 0) is 24.4 Å². The summed E-state index contributed by atoms with van der Waals surface area (Å²) in [6.07, 6.45) is -0.311. The van der Waals surface area contributed by atoms with E-state index < -0.39 is 81.0 Å². The molecule has 3 amide bonds. The number of benzene rings is 2. The summed E-state index contributed by atoms with van der Waals surface area (Å²) in [6, 6.07) is 8.58. The van der Waals surface area contributed by atoms with Gasteiger partial charge in [0.25, 0.3) is 11.8 Å². The maximum absolute atomic E-state index is 15.0. The van der Waals surface area contributed by atoms with E-state index in [1.165, 1.54) is 42.6 Å². The predicted molar refractivity (Wildman–Crippen MR) is 162 cm³/mol. The molecule has 5 rings (SSSR count). The minimum atomic E-state index is -4.53. The van der Waals surface area contributed by atoms with Gasteiger partial charge in [0.05, 0.1) is 16.5 Å². The van der Waals surface area contributed by atoms with Gasteiger partial charge in [-0.2, -0.15) is 5.26 Å². The van der Waals surface area contributed by atoms with Gasteiger partial charge in [0.15, 0.2) is 0 Å². The monoisotopic (exact) mass is 676 g/mol. The predicted octanol–water partition coefficient (Wildman–Crippen LogP) is 4.21. The molecular formula is C30H28ClF3N6O5S. The third kappa shape index (κ3) is 6.99. The van der Waals surface area contributed by atoms with Crippen molar-refractivity contribution < 1.29 is 36.0 Å². The van der Waals surface area contributed by atoms with Gasteiger partial charge in [0.2, 0.25) is 21.8 Å². The Morgan fingerprint density at radius 2 is 1.87 bits per heavy atom. The van der Waals surface area contributed by atoms with Crippen molar-refractivity contribution in [1.29, 1.82) is 5.26 Å². The second-order valence-electron chi connectivity index (χ2n) is 10.6. The van der Waals surface area contributed by atoms with Crippen molar-refractivity contribution in [1.82, 2.24) is 10.3 Å². The molecular weight excluding hydrogens is 649 g/mol. The van der Waals surface area contributed by atoms with Crippen LogP contribution in [0.5, 0.6) is 0 Å². The van der Waals surface area contributed by atoms with Crippen LogP contribution in [0.3, 0.4) is 0 Å². The molecule has 46 heavy (non-hydrogen) atoms. The maximum atomic E-state index is 15.0. The standard InChI is InChI=1S/C29H24ClF3N6O5S.CH4/c30-22-4-2-1-3-21(22)26(27(41)37-18-13-29(32,33)14-18)38(19-10-17(31)11-20(12-19)45(35,43)44)28(42)23-5-6-25(40)39(23)24-9-16(15-34)7-8-36-24;/h1-4,7-12,18,23,26H,5-6,13-14H2,(H,37,41)(H2,35,43,44);1H4/t23-,26-;/m0./s1. The molecule has 2 fully saturated rings. The second kappa shape index (κ2) is 13.1. The quantitative estimate of drug-likeness (QED) is 0.360. The van der Waals surface area contributed by atoms with E-state index in [4.69, 9.17) is 16.7 Å². The summed E-state index contributed by atoms with van der Waals surface area (Å²) in [6.45, 7) is 0. The molecule has 1 aliphatic carbocycles. The number of amides is 3. The zero-order valence-corrected chi connectivity index (χ0v) is 24.7. The lowest BCUT2D eigenvalue weighted by molar-refractivity contribution is -0.133. The molecule has 16 heteroatoms. The van der Waals surface area contributed by atoms with E-state index in [0.717, 1.165) is 21.9 Å². The van der Waals surface area contributed by atoms with Crippen LogP contribution in [0.15, 0.2) is 65.7 Å². The number of carbonyl (C=O) groups excluding carboxylic acids is 3. The number of rotatable bonds is 8. The molecule has 0 bridgehead atoms. The largest absolute Gasteiger partial charge is 0.351 e. The number of halogens is 4. The van der Waals surface area contributed by atoms with Crippen molar-refractivity contribution in [2.24, 2.45) is 5.14 Å². The molecule has 0 spiro atoms. The van der Waals surface area contributed by atoms with Crippen LogP contribution in [0, 0.1) is 17.1 Å². The average Bonchev–Trinajstić information content (AvgIpc) is 3.35. The average molecular weight is 677 g/mol. The Labute approximate surface area is 267 Å². The number of anilines is 2. The number of carbonyl (C=O) groups is 3. The highest BCUT2D eigenvalue weighted by molar-refractivity contribution is 7.89. The summed E-state index contributed by atoms with van der Waals surface area (Å²) < 4.78 is 66.8. The van der Waals surface area contributed by atoms with Crippen LogP contribution in [0.25, 0.3) is 0 Å². The first-order valence-electron chi connectivity index (χ1n) is 13.5. The van der Waals surface area contributed by atoms with Gasteiger partial charge >= 0.3 is 0 Å². The van der Waals surface area contributed by atoms with Gasteiger partial charge in [0.1, 0.15) is 23.7 Å². The normalized spacial score (nSPS) is 18.1. The molecule has 0 unspecified atom stereocenters. The van der Waals surface area contributed by atoms with Crippen LogP contribution in [0.2, 0.25) is 5.02 Å². The number of nitrogens with one attached hydrogen (secondary N) is 1. The number of primary sulfonamides is 1. The van der Waals surface area contributed by atoms with E-state index in [1.54, 1.807) is 0 Å². The number of alkyl halides is 2. The molecule has 1 aliphatic heterocycles. The molecule has 3 N–H and O–H groups in total. The Kier molecular flexibility index (Phi) is 9.76. The molecule has 1 aromatic heterocycles. The van der Waals surface area contributed by atoms with Gasteiger partial charge in [-0.3, -0.25) is 24.2 Å². The van der Waals surface area contributed by atoms with Gasteiger partial charge in [0, 0.05) is 47.8 Å². The number of aromatic nitrogens is 1. The lowest BCUT2D eigenvalue weighted by atomic mass is 9.87. The van der Waals surface area contributed by atoms with E-state index in [2.05, 4.69) is 10.3 Å². The topological polar surface area (TPSA) is 167 Å². The molecule has 2 atom stereocenters. The SMILES string of the molecule is C.N#Cc1ccnc(N2C(=O)CC[C@H]2C(=O)N(c2cc(F)cc(S(N)(=O)=O)c2)[C@H](C(=O)NC2CC(F)(F)C2)c2ccccc2Cl)c1. The lowest BCUT2D eigenvalue weighted by Crippen LogP contribution is -2.56. The zero-order valence-electron chi connectivity index (χ0n) is 23.2. The number of pyridine rings is 1. The first-order valence-corrected chi connectivity index (χ1v) is 15.4. The fraction of sp³-hybridized carbons (Fsp3) is 0.300. The van der Waals surface area contributed by atoms with Gasteiger partial charge < -0.3 is 5.32 Å². The maximum Gasteiger partial charge on any atom is 0.252 e. The van der Waals surface area contributed by atoms with E-state index in [9.17, 15) is 41.2 Å². The van der Waals surface area contributed by atoms with Crippen LogP contribution < -0.4 is 20.3 Å². The summed E-state index contributed by atoms with van der Waals surface area (Å²) >= 11 is 6.47. The highest BCUT2D eigenvalue weighted by Crippen LogP contribution is 2.40. The van der Waals surface area contributed by atoms with Crippen molar-refractivity contribution >= 4 is 50.9 Å². The Hall–Kier alpha value is -4.52. The second-order valence-corrected chi connectivity index (χ2v) is 12.6. The third-order valence-electron chi connectivity index (χ3n) is 7.46. The minimum Gasteiger partial charge on any atom is -0.351 e. The number of nitrogens with zero attached hydrogens (tertiary/aromatic N) is 4. The molecule has 11 nitrogen and oxygen atoms in total. The van der Waals surface area contributed by atoms with E-state index in [0.29, 0.717) is 6.07 Å². The fourth-order valence-electron chi connectivity index (χ4n) is 5.38. The lowest BCUT2D eigenvalue weighted by Gasteiger charge is -2.39. The highest BCUT2D eigenvalue weighted by atomic mass is 35.5. The third-order valence-corrected chi connectivity index (χ3v) is 8.70. The molecule has 1 saturated heterocycles. The van der Waals surface area contributed by atoms with Crippen LogP contribution in [-0.4, -0.2) is 49.1 Å². The fourth-order valence-corrected chi connectivity index (χ4v) is 6.18. The number of sulfonamides is 1. The first kappa shape index (κ1) is 34.4. The van der Waals surface area contributed by atoms with Crippen molar-refractivity contribution in [3.63, 3.8) is 0 Å².